The molecule has 43 heavy (non-hydrogen) atoms. The zero-order chi connectivity index (χ0) is 29.0. The minimum atomic E-state index is -0.0473. The predicted octanol–water partition coefficient (Wildman–Crippen LogP) is 10.00. The van der Waals surface area contributed by atoms with Gasteiger partial charge in [-0.2, -0.15) is 0 Å². The highest BCUT2D eigenvalue weighted by Gasteiger charge is 2.35. The van der Waals surface area contributed by atoms with Gasteiger partial charge in [-0.15, -0.1) is 0 Å². The molecule has 0 N–H and O–H groups in total. The molecule has 0 aliphatic heterocycles. The quantitative estimate of drug-likeness (QED) is 0.218. The molecule has 0 saturated heterocycles. The van der Waals surface area contributed by atoms with Crippen molar-refractivity contribution in [1.82, 2.24) is 15.0 Å². The fourth-order valence-corrected chi connectivity index (χ4v) is 6.59. The SMILES string of the molecule is CC1(C)c2ccccc2-c2ccc(-c3ccc(-c4cc(-c5ccccn5)nc(-c5ccccc5)n4)c4ccccc34)cc21. The lowest BCUT2D eigenvalue weighted by Gasteiger charge is -2.22. The topological polar surface area (TPSA) is 38.7 Å². The largest absolute Gasteiger partial charge is 0.255 e. The minimum absolute atomic E-state index is 0.0473. The summed E-state index contributed by atoms with van der Waals surface area (Å²) in [5.74, 6) is 0.687. The molecule has 2 aromatic heterocycles. The van der Waals surface area contributed by atoms with E-state index in [2.05, 4.69) is 116 Å². The number of aromatic nitrogens is 3. The first-order valence-corrected chi connectivity index (χ1v) is 14.7. The molecular weight excluding hydrogens is 522 g/mol. The highest BCUT2D eigenvalue weighted by molar-refractivity contribution is 6.05. The molecule has 7 aromatic rings. The van der Waals surface area contributed by atoms with Gasteiger partial charge in [-0.1, -0.05) is 123 Å². The maximum absolute atomic E-state index is 5.10. The Labute approximate surface area is 251 Å². The molecule has 3 heteroatoms. The van der Waals surface area contributed by atoms with Crippen LogP contribution in [0.2, 0.25) is 0 Å². The van der Waals surface area contributed by atoms with E-state index >= 15 is 0 Å². The van der Waals surface area contributed by atoms with Crippen LogP contribution in [0.4, 0.5) is 0 Å². The van der Waals surface area contributed by atoms with Crippen LogP contribution in [-0.2, 0) is 5.41 Å². The number of pyridine rings is 1. The van der Waals surface area contributed by atoms with Crippen molar-refractivity contribution in [3.05, 3.63) is 151 Å². The van der Waals surface area contributed by atoms with Crippen molar-refractivity contribution in [3.63, 3.8) is 0 Å². The molecular formula is C40H29N3. The van der Waals surface area contributed by atoms with Crippen molar-refractivity contribution in [2.75, 3.05) is 0 Å². The molecule has 0 radical (unpaired) electrons. The van der Waals surface area contributed by atoms with Crippen molar-refractivity contribution in [2.45, 2.75) is 19.3 Å². The summed E-state index contributed by atoms with van der Waals surface area (Å²) in [5, 5.41) is 2.36. The number of rotatable bonds is 4. The first-order chi connectivity index (χ1) is 21.1. The molecule has 0 amide bonds. The van der Waals surface area contributed by atoms with Crippen molar-refractivity contribution in [2.24, 2.45) is 0 Å². The van der Waals surface area contributed by atoms with Crippen LogP contribution >= 0.6 is 0 Å². The zero-order valence-corrected chi connectivity index (χ0v) is 24.1. The van der Waals surface area contributed by atoms with E-state index in [1.54, 1.807) is 6.20 Å². The van der Waals surface area contributed by atoms with Crippen molar-refractivity contribution in [1.29, 1.82) is 0 Å². The molecule has 1 aliphatic carbocycles. The molecule has 8 rings (SSSR count). The molecule has 204 valence electrons. The smallest absolute Gasteiger partial charge is 0.160 e. The number of fused-ring (bicyclic) bond motifs is 4. The molecule has 3 nitrogen and oxygen atoms in total. The molecule has 2 heterocycles. The highest BCUT2D eigenvalue weighted by Crippen LogP contribution is 2.50. The van der Waals surface area contributed by atoms with E-state index in [0.717, 1.165) is 33.6 Å². The van der Waals surface area contributed by atoms with Gasteiger partial charge in [-0.3, -0.25) is 4.98 Å². The van der Waals surface area contributed by atoms with E-state index in [9.17, 15) is 0 Å². The first kappa shape index (κ1) is 25.3. The number of hydrogen-bond acceptors (Lipinski definition) is 3. The van der Waals surface area contributed by atoms with E-state index in [4.69, 9.17) is 9.97 Å². The number of nitrogens with zero attached hydrogens (tertiary/aromatic N) is 3. The van der Waals surface area contributed by atoms with Crippen molar-refractivity contribution in [3.8, 4) is 56.3 Å². The fourth-order valence-electron chi connectivity index (χ4n) is 6.59. The number of benzene rings is 5. The Morgan fingerprint density at radius 3 is 1.91 bits per heavy atom. The Kier molecular flexibility index (Phi) is 5.80. The third kappa shape index (κ3) is 4.16. The average Bonchev–Trinajstić information content (AvgIpc) is 3.30. The second-order valence-electron chi connectivity index (χ2n) is 11.7. The lowest BCUT2D eigenvalue weighted by Crippen LogP contribution is -2.14. The van der Waals surface area contributed by atoms with E-state index in [1.165, 1.54) is 38.8 Å². The highest BCUT2D eigenvalue weighted by atomic mass is 14.9. The number of hydrogen-bond donors (Lipinski definition) is 0. The summed E-state index contributed by atoms with van der Waals surface area (Å²) in [6, 6.07) is 47.0. The third-order valence-corrected chi connectivity index (χ3v) is 8.78. The predicted molar refractivity (Wildman–Crippen MR) is 177 cm³/mol. The van der Waals surface area contributed by atoms with Gasteiger partial charge in [-0.05, 0) is 68.4 Å². The van der Waals surface area contributed by atoms with Crippen LogP contribution in [0.25, 0.3) is 67.1 Å². The average molecular weight is 552 g/mol. The molecule has 0 bridgehead atoms. The molecule has 0 fully saturated rings. The van der Waals surface area contributed by atoms with Gasteiger partial charge < -0.3 is 0 Å². The second kappa shape index (κ2) is 9.85. The lowest BCUT2D eigenvalue weighted by atomic mass is 9.81. The Morgan fingerprint density at radius 2 is 1.09 bits per heavy atom. The first-order valence-electron chi connectivity index (χ1n) is 14.7. The van der Waals surface area contributed by atoms with E-state index < -0.39 is 0 Å². The molecule has 1 aliphatic rings. The van der Waals surface area contributed by atoms with Crippen LogP contribution in [0.5, 0.6) is 0 Å². The zero-order valence-electron chi connectivity index (χ0n) is 24.1. The van der Waals surface area contributed by atoms with Gasteiger partial charge in [-0.25, -0.2) is 9.97 Å². The minimum Gasteiger partial charge on any atom is -0.255 e. The summed E-state index contributed by atoms with van der Waals surface area (Å²) in [6.45, 7) is 4.67. The van der Waals surface area contributed by atoms with Crippen LogP contribution in [-0.4, -0.2) is 15.0 Å². The van der Waals surface area contributed by atoms with E-state index in [-0.39, 0.29) is 5.41 Å². The monoisotopic (exact) mass is 551 g/mol. The Hall–Kier alpha value is -5.41. The van der Waals surface area contributed by atoms with Crippen LogP contribution in [0, 0.1) is 0 Å². The summed E-state index contributed by atoms with van der Waals surface area (Å²) in [4.78, 5) is 14.6. The maximum Gasteiger partial charge on any atom is 0.160 e. The van der Waals surface area contributed by atoms with Crippen LogP contribution in [0.3, 0.4) is 0 Å². The van der Waals surface area contributed by atoms with Crippen molar-refractivity contribution < 1.29 is 0 Å². The third-order valence-electron chi connectivity index (χ3n) is 8.78. The van der Waals surface area contributed by atoms with Gasteiger partial charge >= 0.3 is 0 Å². The normalized spacial score (nSPS) is 13.1. The molecule has 0 unspecified atom stereocenters. The lowest BCUT2D eigenvalue weighted by molar-refractivity contribution is 0.660. The van der Waals surface area contributed by atoms with Crippen LogP contribution < -0.4 is 0 Å². The summed E-state index contributed by atoms with van der Waals surface area (Å²) in [5.41, 5.74) is 12.4. The van der Waals surface area contributed by atoms with Gasteiger partial charge in [0.05, 0.1) is 17.1 Å². The molecule has 5 aromatic carbocycles. The van der Waals surface area contributed by atoms with Gasteiger partial charge in [0.2, 0.25) is 0 Å². The summed E-state index contributed by atoms with van der Waals surface area (Å²) in [6.07, 6.45) is 1.81. The summed E-state index contributed by atoms with van der Waals surface area (Å²) < 4.78 is 0. The van der Waals surface area contributed by atoms with Crippen molar-refractivity contribution >= 4 is 10.8 Å². The molecule has 0 spiro atoms. The fraction of sp³-hybridized carbons (Fsp3) is 0.0750. The standard InChI is InChI=1S/C40H29N3/c1-40(2)34-17-9-8-16-31(34)32-20-19-27(24-35(32)40)28-21-22-33(30-15-7-6-14-29(28)30)37-25-38(36-18-10-11-23-41-36)43-39(42-37)26-12-4-3-5-13-26/h3-25H,1-2H3. The summed E-state index contributed by atoms with van der Waals surface area (Å²) in [7, 11) is 0. The Bertz CT molecular complexity index is 2090. The molecule has 0 saturated carbocycles. The maximum atomic E-state index is 5.10. The molecule has 0 atom stereocenters. The van der Waals surface area contributed by atoms with Crippen LogP contribution in [0.15, 0.2) is 140 Å². The summed E-state index contributed by atoms with van der Waals surface area (Å²) >= 11 is 0. The Balaban J connectivity index is 1.30. The van der Waals surface area contributed by atoms with E-state index in [0.29, 0.717) is 5.82 Å². The van der Waals surface area contributed by atoms with Gasteiger partial charge in [0, 0.05) is 22.7 Å². The van der Waals surface area contributed by atoms with Gasteiger partial charge in [0.15, 0.2) is 5.82 Å². The van der Waals surface area contributed by atoms with Crippen LogP contribution in [0.1, 0.15) is 25.0 Å². The van der Waals surface area contributed by atoms with E-state index in [1.807, 2.05) is 36.4 Å². The van der Waals surface area contributed by atoms with Gasteiger partial charge in [0.25, 0.3) is 0 Å². The van der Waals surface area contributed by atoms with Gasteiger partial charge in [0.1, 0.15) is 0 Å². The Morgan fingerprint density at radius 1 is 0.442 bits per heavy atom. The second-order valence-corrected chi connectivity index (χ2v) is 11.7.